The number of aromatic hydroxyl groups is 1. The maximum Gasteiger partial charge on any atom is 0.345 e. The molecule has 0 saturated heterocycles. The van der Waals surface area contributed by atoms with E-state index in [4.69, 9.17) is 0 Å². The molecule has 3 aromatic rings. The first-order valence-electron chi connectivity index (χ1n) is 6.70. The van der Waals surface area contributed by atoms with Gasteiger partial charge in [-0.25, -0.2) is 4.79 Å². The number of hydrogen-bond acceptors (Lipinski definition) is 3. The van der Waals surface area contributed by atoms with Crippen LogP contribution >= 0.6 is 15.9 Å². The summed E-state index contributed by atoms with van der Waals surface area (Å²) in [6.07, 6.45) is 0. The van der Waals surface area contributed by atoms with Gasteiger partial charge in [0.25, 0.3) is 0 Å². The molecular weight excluding hydrogens is 344 g/mol. The zero-order chi connectivity index (χ0) is 15.7. The number of rotatable bonds is 2. The lowest BCUT2D eigenvalue weighted by Crippen LogP contribution is -2.12. The molecule has 1 heterocycles. The third kappa shape index (κ3) is 2.94. The number of hydrogen-bond donors (Lipinski definition) is 2. The maximum atomic E-state index is 11.9. The largest absolute Gasteiger partial charge is 0.508 e. The van der Waals surface area contributed by atoms with Crippen molar-refractivity contribution < 1.29 is 5.11 Å². The van der Waals surface area contributed by atoms with E-state index in [1.807, 2.05) is 43.3 Å². The van der Waals surface area contributed by atoms with Gasteiger partial charge in [-0.2, -0.15) is 4.98 Å². The summed E-state index contributed by atoms with van der Waals surface area (Å²) in [5.74, 6) is 0.229. The van der Waals surface area contributed by atoms with Crippen LogP contribution in [0.4, 0.5) is 0 Å². The van der Waals surface area contributed by atoms with Gasteiger partial charge in [0, 0.05) is 10.0 Å². The summed E-state index contributed by atoms with van der Waals surface area (Å²) in [5.41, 5.74) is 3.30. The highest BCUT2D eigenvalue weighted by Crippen LogP contribution is 2.26. The predicted molar refractivity (Wildman–Crippen MR) is 89.8 cm³/mol. The van der Waals surface area contributed by atoms with Gasteiger partial charge in [0.15, 0.2) is 0 Å². The molecule has 1 aromatic heterocycles. The SMILES string of the molecule is Cc1cc(-c2cc(-c3cccc(Br)c3)nc(=O)[nH]2)ccc1O. The topological polar surface area (TPSA) is 66.0 Å². The van der Waals surface area contributed by atoms with Crippen molar-refractivity contribution in [1.82, 2.24) is 9.97 Å². The number of phenols is 1. The highest BCUT2D eigenvalue weighted by molar-refractivity contribution is 9.10. The van der Waals surface area contributed by atoms with E-state index in [0.717, 1.165) is 21.2 Å². The van der Waals surface area contributed by atoms with Crippen molar-refractivity contribution in [3.63, 3.8) is 0 Å². The summed E-state index contributed by atoms with van der Waals surface area (Å²) in [6.45, 7) is 1.81. The summed E-state index contributed by atoms with van der Waals surface area (Å²) in [6, 6.07) is 14.7. The van der Waals surface area contributed by atoms with Gasteiger partial charge in [0.1, 0.15) is 5.75 Å². The third-order valence-corrected chi connectivity index (χ3v) is 3.87. The first-order chi connectivity index (χ1) is 10.5. The van der Waals surface area contributed by atoms with Crippen LogP contribution < -0.4 is 5.69 Å². The number of benzene rings is 2. The lowest BCUT2D eigenvalue weighted by molar-refractivity contribution is 0.471. The maximum absolute atomic E-state index is 11.9. The third-order valence-electron chi connectivity index (χ3n) is 3.37. The summed E-state index contributed by atoms with van der Waals surface area (Å²) in [4.78, 5) is 18.6. The Morgan fingerprint density at radius 1 is 1.09 bits per heavy atom. The minimum absolute atomic E-state index is 0.229. The molecule has 2 N–H and O–H groups in total. The molecule has 0 fully saturated rings. The molecule has 4 nitrogen and oxygen atoms in total. The molecule has 110 valence electrons. The molecule has 0 aliphatic carbocycles. The van der Waals surface area contributed by atoms with Gasteiger partial charge in [0.05, 0.1) is 11.4 Å². The van der Waals surface area contributed by atoms with Crippen molar-refractivity contribution in [1.29, 1.82) is 0 Å². The van der Waals surface area contributed by atoms with E-state index >= 15 is 0 Å². The Morgan fingerprint density at radius 2 is 1.91 bits per heavy atom. The molecule has 0 bridgehead atoms. The zero-order valence-electron chi connectivity index (χ0n) is 11.8. The normalized spacial score (nSPS) is 10.6. The molecular formula is C17H13BrN2O2. The lowest BCUT2D eigenvalue weighted by Gasteiger charge is -2.07. The molecule has 0 saturated carbocycles. The van der Waals surface area contributed by atoms with E-state index < -0.39 is 5.69 Å². The smallest absolute Gasteiger partial charge is 0.345 e. The molecule has 0 aliphatic rings. The van der Waals surface area contributed by atoms with Crippen LogP contribution in [0, 0.1) is 6.92 Å². The highest BCUT2D eigenvalue weighted by atomic mass is 79.9. The van der Waals surface area contributed by atoms with E-state index in [2.05, 4.69) is 25.9 Å². The van der Waals surface area contributed by atoms with Gasteiger partial charge in [0.2, 0.25) is 0 Å². The number of nitrogens with zero attached hydrogens (tertiary/aromatic N) is 1. The molecule has 0 aliphatic heterocycles. The molecule has 0 radical (unpaired) electrons. The number of nitrogens with one attached hydrogen (secondary N) is 1. The number of H-pyrrole nitrogens is 1. The first kappa shape index (κ1) is 14.5. The molecule has 0 unspecified atom stereocenters. The summed E-state index contributed by atoms with van der Waals surface area (Å²) in [5, 5.41) is 9.62. The van der Waals surface area contributed by atoms with E-state index in [9.17, 15) is 9.90 Å². The fourth-order valence-electron chi connectivity index (χ4n) is 2.23. The number of aromatic amines is 1. The Bertz CT molecular complexity index is 903. The Balaban J connectivity index is 2.14. The molecule has 0 amide bonds. The van der Waals surface area contributed by atoms with E-state index in [1.54, 1.807) is 12.1 Å². The van der Waals surface area contributed by atoms with Crippen LogP contribution in [0.3, 0.4) is 0 Å². The van der Waals surface area contributed by atoms with Crippen LogP contribution in [0.15, 0.2) is 57.8 Å². The average Bonchev–Trinajstić information content (AvgIpc) is 2.49. The Morgan fingerprint density at radius 3 is 2.64 bits per heavy atom. The van der Waals surface area contributed by atoms with Crippen LogP contribution in [0.5, 0.6) is 5.75 Å². The van der Waals surface area contributed by atoms with Crippen molar-refractivity contribution in [2.24, 2.45) is 0 Å². The van der Waals surface area contributed by atoms with Gasteiger partial charge in [-0.05, 0) is 54.4 Å². The van der Waals surface area contributed by atoms with Crippen LogP contribution in [-0.4, -0.2) is 15.1 Å². The van der Waals surface area contributed by atoms with Gasteiger partial charge < -0.3 is 10.1 Å². The molecule has 0 spiro atoms. The number of halogens is 1. The van der Waals surface area contributed by atoms with Gasteiger partial charge in [-0.3, -0.25) is 0 Å². The number of aryl methyl sites for hydroxylation is 1. The van der Waals surface area contributed by atoms with Crippen molar-refractivity contribution in [3.8, 4) is 28.3 Å². The minimum Gasteiger partial charge on any atom is -0.508 e. The van der Waals surface area contributed by atoms with Crippen molar-refractivity contribution >= 4 is 15.9 Å². The molecule has 22 heavy (non-hydrogen) atoms. The van der Waals surface area contributed by atoms with Crippen LogP contribution in [-0.2, 0) is 0 Å². The molecule has 5 heteroatoms. The monoisotopic (exact) mass is 356 g/mol. The van der Waals surface area contributed by atoms with Crippen molar-refractivity contribution in [2.75, 3.05) is 0 Å². The van der Waals surface area contributed by atoms with Crippen molar-refractivity contribution in [3.05, 3.63) is 69.1 Å². The second kappa shape index (κ2) is 5.77. The summed E-state index contributed by atoms with van der Waals surface area (Å²) < 4.78 is 0.925. The Labute approximate surface area is 135 Å². The lowest BCUT2D eigenvalue weighted by atomic mass is 10.1. The predicted octanol–water partition coefficient (Wildman–Crippen LogP) is 3.88. The minimum atomic E-state index is -0.404. The average molecular weight is 357 g/mol. The second-order valence-corrected chi connectivity index (χ2v) is 5.91. The van der Waals surface area contributed by atoms with Crippen LogP contribution in [0.1, 0.15) is 5.56 Å². The molecule has 3 rings (SSSR count). The number of phenolic OH excluding ortho intramolecular Hbond substituents is 1. The molecule has 2 aromatic carbocycles. The quantitative estimate of drug-likeness (QED) is 0.732. The van der Waals surface area contributed by atoms with Gasteiger partial charge in [-0.15, -0.1) is 0 Å². The van der Waals surface area contributed by atoms with Gasteiger partial charge in [-0.1, -0.05) is 28.1 Å². The summed E-state index contributed by atoms with van der Waals surface area (Å²) in [7, 11) is 0. The zero-order valence-corrected chi connectivity index (χ0v) is 13.4. The van der Waals surface area contributed by atoms with Crippen molar-refractivity contribution in [2.45, 2.75) is 6.92 Å². The standard InChI is InChI=1S/C17H13BrN2O2/c1-10-7-12(5-6-16(10)21)15-9-14(19-17(22)20-15)11-3-2-4-13(18)8-11/h2-9,21H,1H3,(H,19,20,22). The van der Waals surface area contributed by atoms with E-state index in [0.29, 0.717) is 11.4 Å². The highest BCUT2D eigenvalue weighted by Gasteiger charge is 2.07. The van der Waals surface area contributed by atoms with Crippen LogP contribution in [0.2, 0.25) is 0 Å². The fourth-order valence-corrected chi connectivity index (χ4v) is 2.63. The van der Waals surface area contributed by atoms with E-state index in [-0.39, 0.29) is 5.75 Å². The molecule has 0 atom stereocenters. The van der Waals surface area contributed by atoms with Gasteiger partial charge >= 0.3 is 5.69 Å². The van der Waals surface area contributed by atoms with Crippen LogP contribution in [0.25, 0.3) is 22.5 Å². The van der Waals surface area contributed by atoms with E-state index in [1.165, 1.54) is 0 Å². The Hall–Kier alpha value is -2.40. The first-order valence-corrected chi connectivity index (χ1v) is 7.49. The Kier molecular flexibility index (Phi) is 3.81. The number of aromatic nitrogens is 2. The summed E-state index contributed by atoms with van der Waals surface area (Å²) >= 11 is 3.42. The fraction of sp³-hybridized carbons (Fsp3) is 0.0588. The second-order valence-electron chi connectivity index (χ2n) is 5.00.